The van der Waals surface area contributed by atoms with Gasteiger partial charge in [-0.3, -0.25) is 0 Å². The Labute approximate surface area is 77.1 Å². The molecule has 0 aliphatic rings. The normalized spacial score (nSPS) is 13.8. The highest BCUT2D eigenvalue weighted by Crippen LogP contribution is 2.07. The SMILES string of the molecule is CNCCCNCC(C)C(C)C. The van der Waals surface area contributed by atoms with Gasteiger partial charge in [-0.1, -0.05) is 20.8 Å². The fourth-order valence-electron chi connectivity index (χ4n) is 0.956. The van der Waals surface area contributed by atoms with Crippen LogP contribution in [0.1, 0.15) is 27.2 Å². The van der Waals surface area contributed by atoms with Crippen LogP contribution in [0, 0.1) is 11.8 Å². The van der Waals surface area contributed by atoms with E-state index in [9.17, 15) is 0 Å². The van der Waals surface area contributed by atoms with Gasteiger partial charge in [-0.15, -0.1) is 0 Å². The Kier molecular flexibility index (Phi) is 7.51. The molecule has 0 spiro atoms. The summed E-state index contributed by atoms with van der Waals surface area (Å²) >= 11 is 0. The van der Waals surface area contributed by atoms with E-state index in [0.29, 0.717) is 0 Å². The van der Waals surface area contributed by atoms with Gasteiger partial charge < -0.3 is 10.6 Å². The maximum Gasteiger partial charge on any atom is -0.00207 e. The minimum atomic E-state index is 0.791. The van der Waals surface area contributed by atoms with Crippen molar-refractivity contribution in [2.75, 3.05) is 26.7 Å². The Morgan fingerprint density at radius 2 is 1.75 bits per heavy atom. The van der Waals surface area contributed by atoms with Gasteiger partial charge in [0.05, 0.1) is 0 Å². The van der Waals surface area contributed by atoms with Gasteiger partial charge in [-0.25, -0.2) is 0 Å². The molecule has 0 aliphatic heterocycles. The zero-order chi connectivity index (χ0) is 9.40. The second kappa shape index (κ2) is 7.56. The van der Waals surface area contributed by atoms with Gasteiger partial charge in [0.1, 0.15) is 0 Å². The minimum absolute atomic E-state index is 0.791. The predicted molar refractivity (Wildman–Crippen MR) is 55.4 cm³/mol. The van der Waals surface area contributed by atoms with Crippen LogP contribution in [0.5, 0.6) is 0 Å². The molecule has 0 saturated carbocycles. The first-order chi connectivity index (χ1) is 5.68. The van der Waals surface area contributed by atoms with Crippen LogP contribution < -0.4 is 10.6 Å². The van der Waals surface area contributed by atoms with E-state index in [2.05, 4.69) is 31.4 Å². The number of hydrogen-bond donors (Lipinski definition) is 2. The molecule has 12 heavy (non-hydrogen) atoms. The first-order valence-electron chi connectivity index (χ1n) is 5.03. The van der Waals surface area contributed by atoms with E-state index in [1.165, 1.54) is 6.42 Å². The van der Waals surface area contributed by atoms with Crippen LogP contribution in [0.4, 0.5) is 0 Å². The average molecular weight is 172 g/mol. The fraction of sp³-hybridized carbons (Fsp3) is 1.00. The molecule has 2 N–H and O–H groups in total. The van der Waals surface area contributed by atoms with Crippen LogP contribution >= 0.6 is 0 Å². The second-order valence-electron chi connectivity index (χ2n) is 3.88. The van der Waals surface area contributed by atoms with E-state index < -0.39 is 0 Å². The molecule has 74 valence electrons. The molecular formula is C10H24N2. The van der Waals surface area contributed by atoms with Crippen molar-refractivity contribution in [3.8, 4) is 0 Å². The molecule has 0 saturated heterocycles. The number of hydrogen-bond acceptors (Lipinski definition) is 2. The Morgan fingerprint density at radius 3 is 2.25 bits per heavy atom. The van der Waals surface area contributed by atoms with Crippen molar-refractivity contribution < 1.29 is 0 Å². The highest BCUT2D eigenvalue weighted by atomic mass is 14.9. The van der Waals surface area contributed by atoms with E-state index in [-0.39, 0.29) is 0 Å². The van der Waals surface area contributed by atoms with E-state index in [1.807, 2.05) is 7.05 Å². The first-order valence-corrected chi connectivity index (χ1v) is 5.03. The molecule has 0 aliphatic carbocycles. The van der Waals surface area contributed by atoms with Crippen LogP contribution in [-0.4, -0.2) is 26.7 Å². The summed E-state index contributed by atoms with van der Waals surface area (Å²) in [4.78, 5) is 0. The van der Waals surface area contributed by atoms with Crippen molar-refractivity contribution in [3.63, 3.8) is 0 Å². The standard InChI is InChI=1S/C10H24N2/c1-9(2)10(3)8-12-7-5-6-11-4/h9-12H,5-8H2,1-4H3. The molecule has 0 aromatic rings. The summed E-state index contributed by atoms with van der Waals surface area (Å²) in [5.74, 6) is 1.58. The minimum Gasteiger partial charge on any atom is -0.320 e. The third-order valence-electron chi connectivity index (χ3n) is 2.38. The van der Waals surface area contributed by atoms with Crippen LogP contribution in [0.25, 0.3) is 0 Å². The molecule has 2 nitrogen and oxygen atoms in total. The van der Waals surface area contributed by atoms with Gasteiger partial charge in [0, 0.05) is 0 Å². The average Bonchev–Trinajstić information content (AvgIpc) is 2.03. The van der Waals surface area contributed by atoms with Gasteiger partial charge >= 0.3 is 0 Å². The summed E-state index contributed by atoms with van der Waals surface area (Å²) in [6.07, 6.45) is 1.22. The zero-order valence-corrected chi connectivity index (χ0v) is 8.98. The zero-order valence-electron chi connectivity index (χ0n) is 8.98. The van der Waals surface area contributed by atoms with E-state index >= 15 is 0 Å². The van der Waals surface area contributed by atoms with Crippen molar-refractivity contribution in [3.05, 3.63) is 0 Å². The van der Waals surface area contributed by atoms with Crippen molar-refractivity contribution >= 4 is 0 Å². The number of nitrogens with one attached hydrogen (secondary N) is 2. The smallest absolute Gasteiger partial charge is 0.00207 e. The third-order valence-corrected chi connectivity index (χ3v) is 2.38. The summed E-state index contributed by atoms with van der Waals surface area (Å²) in [5, 5.41) is 6.60. The maximum absolute atomic E-state index is 3.46. The molecule has 0 fully saturated rings. The molecule has 0 aromatic heterocycles. The van der Waals surface area contributed by atoms with E-state index in [0.717, 1.165) is 31.5 Å². The van der Waals surface area contributed by atoms with Crippen LogP contribution in [-0.2, 0) is 0 Å². The maximum atomic E-state index is 3.46. The lowest BCUT2D eigenvalue weighted by Gasteiger charge is -2.15. The molecule has 0 radical (unpaired) electrons. The molecular weight excluding hydrogens is 148 g/mol. The van der Waals surface area contributed by atoms with Crippen LogP contribution in [0.15, 0.2) is 0 Å². The quantitative estimate of drug-likeness (QED) is 0.568. The number of rotatable bonds is 7. The molecule has 0 rings (SSSR count). The van der Waals surface area contributed by atoms with Crippen molar-refractivity contribution in [2.24, 2.45) is 11.8 Å². The van der Waals surface area contributed by atoms with Crippen molar-refractivity contribution in [2.45, 2.75) is 27.2 Å². The summed E-state index contributed by atoms with van der Waals surface area (Å²) in [6.45, 7) is 10.3. The molecule has 2 heteroatoms. The Morgan fingerprint density at radius 1 is 1.08 bits per heavy atom. The highest BCUT2D eigenvalue weighted by molar-refractivity contribution is 4.60. The summed E-state index contributed by atoms with van der Waals surface area (Å²) in [6, 6.07) is 0. The largest absolute Gasteiger partial charge is 0.320 e. The van der Waals surface area contributed by atoms with Gasteiger partial charge in [-0.2, -0.15) is 0 Å². The van der Waals surface area contributed by atoms with E-state index in [1.54, 1.807) is 0 Å². The van der Waals surface area contributed by atoms with E-state index in [4.69, 9.17) is 0 Å². The Hall–Kier alpha value is -0.0800. The molecule has 1 atom stereocenters. The van der Waals surface area contributed by atoms with Gasteiger partial charge in [-0.05, 0) is 44.9 Å². The Bertz CT molecular complexity index is 91.8. The predicted octanol–water partition coefficient (Wildman–Crippen LogP) is 1.48. The highest BCUT2D eigenvalue weighted by Gasteiger charge is 2.04. The van der Waals surface area contributed by atoms with Crippen molar-refractivity contribution in [1.29, 1.82) is 0 Å². The summed E-state index contributed by atoms with van der Waals surface area (Å²) in [7, 11) is 2.00. The molecule has 0 aromatic carbocycles. The lowest BCUT2D eigenvalue weighted by Crippen LogP contribution is -2.26. The summed E-state index contributed by atoms with van der Waals surface area (Å²) in [5.41, 5.74) is 0. The second-order valence-corrected chi connectivity index (χ2v) is 3.88. The monoisotopic (exact) mass is 172 g/mol. The van der Waals surface area contributed by atoms with Gasteiger partial charge in [0.25, 0.3) is 0 Å². The lowest BCUT2D eigenvalue weighted by atomic mass is 9.98. The topological polar surface area (TPSA) is 24.1 Å². The van der Waals surface area contributed by atoms with Gasteiger partial charge in [0.15, 0.2) is 0 Å². The fourth-order valence-corrected chi connectivity index (χ4v) is 0.956. The molecule has 0 amide bonds. The first kappa shape index (κ1) is 11.9. The lowest BCUT2D eigenvalue weighted by molar-refractivity contribution is 0.392. The van der Waals surface area contributed by atoms with Gasteiger partial charge in [0.2, 0.25) is 0 Å². The molecule has 1 unspecified atom stereocenters. The molecule has 0 bridgehead atoms. The Balaban J connectivity index is 3.08. The van der Waals surface area contributed by atoms with Crippen molar-refractivity contribution in [1.82, 2.24) is 10.6 Å². The van der Waals surface area contributed by atoms with Crippen LogP contribution in [0.2, 0.25) is 0 Å². The van der Waals surface area contributed by atoms with Crippen LogP contribution in [0.3, 0.4) is 0 Å². The summed E-state index contributed by atoms with van der Waals surface area (Å²) < 4.78 is 0. The molecule has 0 heterocycles. The third kappa shape index (κ3) is 6.62.